The molecule has 3 nitrogen and oxygen atoms in total. The summed E-state index contributed by atoms with van der Waals surface area (Å²) in [6.07, 6.45) is -4.47. The second-order valence-corrected chi connectivity index (χ2v) is 6.12. The molecule has 8 heteroatoms. The number of carbonyl (C=O) groups is 1. The SMILES string of the molecule is NC(=O)c1ccc(CNCc2ccc(Cl)c(C(F)(F)F)c2)s1. The molecule has 0 radical (unpaired) electrons. The van der Waals surface area contributed by atoms with E-state index in [1.807, 2.05) is 0 Å². The predicted octanol–water partition coefficient (Wildman–Crippen LogP) is 3.81. The normalized spacial score (nSPS) is 11.6. The number of nitrogens with one attached hydrogen (secondary N) is 1. The summed E-state index contributed by atoms with van der Waals surface area (Å²) in [4.78, 5) is 12.3. The van der Waals surface area contributed by atoms with Crippen LogP contribution in [0, 0.1) is 0 Å². The molecular weight excluding hydrogens is 337 g/mol. The quantitative estimate of drug-likeness (QED) is 0.863. The van der Waals surface area contributed by atoms with Crippen molar-refractivity contribution in [3.8, 4) is 0 Å². The lowest BCUT2D eigenvalue weighted by Crippen LogP contribution is -2.13. The monoisotopic (exact) mass is 348 g/mol. The largest absolute Gasteiger partial charge is 0.417 e. The molecule has 118 valence electrons. The number of primary amides is 1. The van der Waals surface area contributed by atoms with Crippen molar-refractivity contribution >= 4 is 28.8 Å². The highest BCUT2D eigenvalue weighted by atomic mass is 35.5. The van der Waals surface area contributed by atoms with Gasteiger partial charge in [-0.2, -0.15) is 13.2 Å². The van der Waals surface area contributed by atoms with Crippen LogP contribution in [0.15, 0.2) is 30.3 Å². The summed E-state index contributed by atoms with van der Waals surface area (Å²) in [6, 6.07) is 7.17. The van der Waals surface area contributed by atoms with E-state index in [2.05, 4.69) is 5.32 Å². The van der Waals surface area contributed by atoms with Gasteiger partial charge in [-0.15, -0.1) is 11.3 Å². The van der Waals surface area contributed by atoms with Gasteiger partial charge in [-0.25, -0.2) is 0 Å². The van der Waals surface area contributed by atoms with Crippen molar-refractivity contribution in [3.05, 3.63) is 56.2 Å². The van der Waals surface area contributed by atoms with Gasteiger partial charge in [0.15, 0.2) is 0 Å². The molecule has 0 saturated heterocycles. The van der Waals surface area contributed by atoms with E-state index in [0.717, 1.165) is 10.9 Å². The average Bonchev–Trinajstić information content (AvgIpc) is 2.88. The standard InChI is InChI=1S/C14H12ClF3N2OS/c15-11-3-1-8(5-10(11)14(16,17)18)6-20-7-9-2-4-12(22-9)13(19)21/h1-5,20H,6-7H2,(H2,19,21). The van der Waals surface area contributed by atoms with Gasteiger partial charge in [-0.1, -0.05) is 17.7 Å². The van der Waals surface area contributed by atoms with E-state index >= 15 is 0 Å². The van der Waals surface area contributed by atoms with Crippen LogP contribution in [0.4, 0.5) is 13.2 Å². The molecule has 3 N–H and O–H groups in total. The highest BCUT2D eigenvalue weighted by Crippen LogP contribution is 2.35. The van der Waals surface area contributed by atoms with E-state index in [1.165, 1.54) is 23.5 Å². The van der Waals surface area contributed by atoms with Crippen LogP contribution in [-0.4, -0.2) is 5.91 Å². The van der Waals surface area contributed by atoms with E-state index in [4.69, 9.17) is 17.3 Å². The molecule has 1 amide bonds. The minimum absolute atomic E-state index is 0.254. The van der Waals surface area contributed by atoms with Crippen molar-refractivity contribution in [2.45, 2.75) is 19.3 Å². The van der Waals surface area contributed by atoms with Crippen LogP contribution in [0.1, 0.15) is 25.7 Å². The van der Waals surface area contributed by atoms with Crippen molar-refractivity contribution < 1.29 is 18.0 Å². The third kappa shape index (κ3) is 4.22. The van der Waals surface area contributed by atoms with E-state index in [1.54, 1.807) is 12.1 Å². The molecule has 1 aromatic heterocycles. The maximum absolute atomic E-state index is 12.7. The molecule has 2 aromatic rings. The molecular formula is C14H12ClF3N2OS. The van der Waals surface area contributed by atoms with Crippen LogP contribution in [0.2, 0.25) is 5.02 Å². The number of hydrogen-bond donors (Lipinski definition) is 2. The molecule has 0 aliphatic heterocycles. The topological polar surface area (TPSA) is 55.1 Å². The van der Waals surface area contributed by atoms with Gasteiger partial charge in [-0.3, -0.25) is 4.79 Å². The van der Waals surface area contributed by atoms with Gasteiger partial charge in [-0.05, 0) is 29.8 Å². The Balaban J connectivity index is 1.98. The highest BCUT2D eigenvalue weighted by Gasteiger charge is 2.33. The summed E-state index contributed by atoms with van der Waals surface area (Å²) < 4.78 is 38.2. The fourth-order valence-corrected chi connectivity index (χ4v) is 2.89. The minimum atomic E-state index is -4.47. The molecule has 0 saturated carbocycles. The summed E-state index contributed by atoms with van der Waals surface area (Å²) in [5.41, 5.74) is 4.78. The zero-order chi connectivity index (χ0) is 16.3. The van der Waals surface area contributed by atoms with Gasteiger partial charge < -0.3 is 11.1 Å². The first-order valence-corrected chi connectivity index (χ1v) is 7.41. The molecule has 0 spiro atoms. The molecule has 0 unspecified atom stereocenters. The van der Waals surface area contributed by atoms with Crippen molar-refractivity contribution in [2.24, 2.45) is 5.73 Å². The summed E-state index contributed by atoms with van der Waals surface area (Å²) in [6.45, 7) is 0.686. The molecule has 0 aliphatic carbocycles. The average molecular weight is 349 g/mol. The number of rotatable bonds is 5. The first-order chi connectivity index (χ1) is 10.3. The Kier molecular flexibility index (Phi) is 5.10. The Labute approximate surface area is 133 Å². The number of carbonyl (C=O) groups excluding carboxylic acids is 1. The van der Waals surface area contributed by atoms with Gasteiger partial charge in [0.05, 0.1) is 15.5 Å². The number of benzene rings is 1. The summed E-state index contributed by atoms with van der Waals surface area (Å²) in [5, 5.41) is 2.70. The van der Waals surface area contributed by atoms with Crippen LogP contribution >= 0.6 is 22.9 Å². The maximum atomic E-state index is 12.7. The Morgan fingerprint density at radius 2 is 1.95 bits per heavy atom. The van der Waals surface area contributed by atoms with Gasteiger partial charge >= 0.3 is 6.18 Å². The first kappa shape index (κ1) is 16.8. The highest BCUT2D eigenvalue weighted by molar-refractivity contribution is 7.14. The van der Waals surface area contributed by atoms with Crippen molar-refractivity contribution in [3.63, 3.8) is 0 Å². The maximum Gasteiger partial charge on any atom is 0.417 e. The van der Waals surface area contributed by atoms with Gasteiger partial charge in [0.2, 0.25) is 0 Å². The molecule has 0 bridgehead atoms. The molecule has 1 aromatic carbocycles. The molecule has 1 heterocycles. The Morgan fingerprint density at radius 1 is 1.23 bits per heavy atom. The number of amides is 1. The van der Waals surface area contributed by atoms with Crippen LogP contribution in [0.5, 0.6) is 0 Å². The number of alkyl halides is 3. The van der Waals surface area contributed by atoms with Crippen molar-refractivity contribution in [1.29, 1.82) is 0 Å². The lowest BCUT2D eigenvalue weighted by atomic mass is 10.1. The van der Waals surface area contributed by atoms with Gasteiger partial charge in [0, 0.05) is 18.0 Å². The van der Waals surface area contributed by atoms with E-state index in [0.29, 0.717) is 17.0 Å². The number of halogens is 4. The second-order valence-electron chi connectivity index (χ2n) is 4.55. The minimum Gasteiger partial charge on any atom is -0.365 e. The van der Waals surface area contributed by atoms with Crippen LogP contribution in [0.25, 0.3) is 0 Å². The van der Waals surface area contributed by atoms with E-state index < -0.39 is 17.6 Å². The third-order valence-corrected chi connectivity index (χ3v) is 4.30. The Hall–Kier alpha value is -1.57. The van der Waals surface area contributed by atoms with Crippen LogP contribution in [0.3, 0.4) is 0 Å². The zero-order valence-corrected chi connectivity index (χ0v) is 12.8. The van der Waals surface area contributed by atoms with Crippen molar-refractivity contribution in [1.82, 2.24) is 5.32 Å². The summed E-state index contributed by atoms with van der Waals surface area (Å²) >= 11 is 6.81. The molecule has 0 aliphatic rings. The number of nitrogens with two attached hydrogens (primary N) is 1. The Morgan fingerprint density at radius 3 is 2.55 bits per heavy atom. The fourth-order valence-electron chi connectivity index (χ4n) is 1.84. The molecule has 2 rings (SSSR count). The third-order valence-electron chi connectivity index (χ3n) is 2.87. The number of thiophene rings is 1. The van der Waals surface area contributed by atoms with Gasteiger partial charge in [0.25, 0.3) is 5.91 Å². The zero-order valence-electron chi connectivity index (χ0n) is 11.2. The van der Waals surface area contributed by atoms with Crippen LogP contribution < -0.4 is 11.1 Å². The molecule has 0 atom stereocenters. The Bertz CT molecular complexity index is 685. The number of hydrogen-bond acceptors (Lipinski definition) is 3. The van der Waals surface area contributed by atoms with Crippen LogP contribution in [-0.2, 0) is 19.3 Å². The molecule has 22 heavy (non-hydrogen) atoms. The summed E-state index contributed by atoms with van der Waals surface area (Å²) in [5.74, 6) is -0.497. The van der Waals surface area contributed by atoms with Crippen molar-refractivity contribution in [2.75, 3.05) is 0 Å². The smallest absolute Gasteiger partial charge is 0.365 e. The molecule has 0 fully saturated rings. The predicted molar refractivity (Wildman–Crippen MR) is 79.8 cm³/mol. The van der Waals surface area contributed by atoms with E-state index in [-0.39, 0.29) is 11.6 Å². The lowest BCUT2D eigenvalue weighted by Gasteiger charge is -2.11. The van der Waals surface area contributed by atoms with Gasteiger partial charge in [0.1, 0.15) is 0 Å². The first-order valence-electron chi connectivity index (χ1n) is 6.22. The fraction of sp³-hybridized carbons (Fsp3) is 0.214. The van der Waals surface area contributed by atoms with E-state index in [9.17, 15) is 18.0 Å². The second kappa shape index (κ2) is 6.68. The lowest BCUT2D eigenvalue weighted by molar-refractivity contribution is -0.137. The summed E-state index contributed by atoms with van der Waals surface area (Å²) in [7, 11) is 0.